The van der Waals surface area contributed by atoms with E-state index in [9.17, 15) is 18.5 Å². The minimum atomic E-state index is -3.99. The number of rotatable bonds is 7. The first-order valence-corrected chi connectivity index (χ1v) is 8.65. The molecular weight excluding hydrogens is 324 g/mol. The maximum atomic E-state index is 12.8. The summed E-state index contributed by atoms with van der Waals surface area (Å²) >= 11 is 1.42. The van der Waals surface area contributed by atoms with Gasteiger partial charge >= 0.3 is 0 Å². The maximum absolute atomic E-state index is 12.8. The van der Waals surface area contributed by atoms with Gasteiger partial charge in [0.1, 0.15) is 0 Å². The highest BCUT2D eigenvalue weighted by atomic mass is 32.2. The Labute approximate surface area is 132 Å². The minimum absolute atomic E-state index is 0.0757. The Bertz CT molecular complexity index is 770. The van der Waals surface area contributed by atoms with Gasteiger partial charge in [0.05, 0.1) is 4.92 Å². The predicted molar refractivity (Wildman–Crippen MR) is 85.2 cm³/mol. The summed E-state index contributed by atoms with van der Waals surface area (Å²) in [5.74, 6) is 0. The molecule has 0 fully saturated rings. The van der Waals surface area contributed by atoms with Gasteiger partial charge in [-0.2, -0.15) is 4.31 Å². The van der Waals surface area contributed by atoms with Crippen molar-refractivity contribution >= 4 is 27.0 Å². The summed E-state index contributed by atoms with van der Waals surface area (Å²) in [6.45, 7) is 3.78. The van der Waals surface area contributed by atoms with Gasteiger partial charge < -0.3 is 0 Å². The molecule has 0 radical (unpaired) electrons. The summed E-state index contributed by atoms with van der Waals surface area (Å²) < 4.78 is 26.7. The molecule has 0 amide bonds. The van der Waals surface area contributed by atoms with Crippen molar-refractivity contribution in [3.05, 3.63) is 69.4 Å². The fourth-order valence-corrected chi connectivity index (χ4v) is 4.28. The summed E-state index contributed by atoms with van der Waals surface area (Å²) in [5.41, 5.74) is -0.428. The summed E-state index contributed by atoms with van der Waals surface area (Å²) in [7, 11) is -3.99. The zero-order valence-corrected chi connectivity index (χ0v) is 13.2. The quantitative estimate of drug-likeness (QED) is 0.441. The molecule has 0 aliphatic heterocycles. The zero-order valence-electron chi connectivity index (χ0n) is 11.6. The number of sulfonamides is 1. The van der Waals surface area contributed by atoms with Gasteiger partial charge in [-0.25, -0.2) is 8.42 Å². The van der Waals surface area contributed by atoms with Crippen molar-refractivity contribution in [3.8, 4) is 0 Å². The average Bonchev–Trinajstić information content (AvgIpc) is 3.00. The van der Waals surface area contributed by atoms with E-state index in [4.69, 9.17) is 0 Å². The second-order valence-electron chi connectivity index (χ2n) is 4.39. The molecule has 0 unspecified atom stereocenters. The van der Waals surface area contributed by atoms with Crippen LogP contribution in [0.25, 0.3) is 0 Å². The first kappa shape index (κ1) is 16.3. The van der Waals surface area contributed by atoms with E-state index in [2.05, 4.69) is 6.58 Å². The van der Waals surface area contributed by atoms with Crippen LogP contribution in [0.1, 0.15) is 4.88 Å². The van der Waals surface area contributed by atoms with Gasteiger partial charge in [-0.05, 0) is 17.5 Å². The Kier molecular flexibility index (Phi) is 5.07. The summed E-state index contributed by atoms with van der Waals surface area (Å²) in [6.07, 6.45) is 1.46. The lowest BCUT2D eigenvalue weighted by Gasteiger charge is -2.20. The van der Waals surface area contributed by atoms with Crippen LogP contribution in [0.2, 0.25) is 0 Å². The Morgan fingerprint density at radius 2 is 2.00 bits per heavy atom. The molecule has 0 N–H and O–H groups in total. The molecule has 0 saturated heterocycles. The van der Waals surface area contributed by atoms with E-state index in [-0.39, 0.29) is 18.0 Å². The maximum Gasteiger partial charge on any atom is 0.289 e. The molecule has 116 valence electrons. The van der Waals surface area contributed by atoms with Crippen LogP contribution in [0, 0.1) is 10.1 Å². The van der Waals surface area contributed by atoms with Gasteiger partial charge in [-0.1, -0.05) is 24.3 Å². The highest BCUT2D eigenvalue weighted by molar-refractivity contribution is 7.89. The number of thiophene rings is 1. The van der Waals surface area contributed by atoms with Crippen LogP contribution >= 0.6 is 11.3 Å². The number of benzene rings is 1. The van der Waals surface area contributed by atoms with Gasteiger partial charge in [0.2, 0.25) is 0 Å². The fraction of sp³-hybridized carbons (Fsp3) is 0.143. The Morgan fingerprint density at radius 1 is 1.27 bits per heavy atom. The fourth-order valence-electron chi connectivity index (χ4n) is 1.93. The van der Waals surface area contributed by atoms with E-state index in [0.29, 0.717) is 0 Å². The zero-order chi connectivity index (χ0) is 16.2. The van der Waals surface area contributed by atoms with E-state index in [1.54, 1.807) is 0 Å². The number of nitro groups is 1. The minimum Gasteiger partial charge on any atom is -0.258 e. The van der Waals surface area contributed by atoms with Crippen LogP contribution < -0.4 is 0 Å². The molecule has 2 rings (SSSR count). The molecule has 0 saturated carbocycles. The van der Waals surface area contributed by atoms with Gasteiger partial charge in [0.15, 0.2) is 4.90 Å². The molecule has 2 aromatic rings. The van der Waals surface area contributed by atoms with E-state index in [1.807, 2.05) is 17.5 Å². The van der Waals surface area contributed by atoms with Gasteiger partial charge in [0, 0.05) is 24.0 Å². The average molecular weight is 338 g/mol. The SMILES string of the molecule is C=CCN(Cc1cccs1)S(=O)(=O)c1ccccc1[N+](=O)[O-]. The third-order valence-corrected chi connectivity index (χ3v) is 5.64. The van der Waals surface area contributed by atoms with E-state index in [1.165, 1.54) is 46.0 Å². The van der Waals surface area contributed by atoms with Crippen LogP contribution in [-0.4, -0.2) is 24.2 Å². The highest BCUT2D eigenvalue weighted by Gasteiger charge is 2.30. The Balaban J connectivity index is 2.45. The smallest absolute Gasteiger partial charge is 0.258 e. The van der Waals surface area contributed by atoms with Crippen molar-refractivity contribution in [2.45, 2.75) is 11.4 Å². The van der Waals surface area contributed by atoms with Crippen molar-refractivity contribution in [2.24, 2.45) is 0 Å². The van der Waals surface area contributed by atoms with Gasteiger partial charge in [-0.15, -0.1) is 17.9 Å². The number of hydrogen-bond acceptors (Lipinski definition) is 5. The largest absolute Gasteiger partial charge is 0.289 e. The molecule has 22 heavy (non-hydrogen) atoms. The van der Waals surface area contributed by atoms with E-state index in [0.717, 1.165) is 4.88 Å². The molecule has 0 spiro atoms. The second-order valence-corrected chi connectivity index (χ2v) is 7.33. The predicted octanol–water partition coefficient (Wildman–Crippen LogP) is 3.03. The molecule has 6 nitrogen and oxygen atoms in total. The monoisotopic (exact) mass is 338 g/mol. The molecule has 0 aliphatic carbocycles. The van der Waals surface area contributed by atoms with Crippen molar-refractivity contribution in [1.29, 1.82) is 0 Å². The Morgan fingerprint density at radius 3 is 2.59 bits per heavy atom. The van der Waals surface area contributed by atoms with E-state index < -0.39 is 20.6 Å². The Hall–Kier alpha value is -2.03. The van der Waals surface area contributed by atoms with Crippen molar-refractivity contribution in [3.63, 3.8) is 0 Å². The molecule has 0 bridgehead atoms. The topological polar surface area (TPSA) is 80.5 Å². The number of hydrogen-bond donors (Lipinski definition) is 0. The number of para-hydroxylation sites is 1. The molecule has 1 aromatic heterocycles. The third kappa shape index (κ3) is 3.41. The van der Waals surface area contributed by atoms with Crippen molar-refractivity contribution in [2.75, 3.05) is 6.54 Å². The molecule has 1 aromatic carbocycles. The first-order chi connectivity index (χ1) is 10.5. The van der Waals surface area contributed by atoms with Crippen LogP contribution in [0.5, 0.6) is 0 Å². The van der Waals surface area contributed by atoms with Crippen LogP contribution in [0.15, 0.2) is 59.3 Å². The van der Waals surface area contributed by atoms with E-state index >= 15 is 0 Å². The second kappa shape index (κ2) is 6.82. The van der Waals surface area contributed by atoms with Crippen LogP contribution in [-0.2, 0) is 16.6 Å². The standard InChI is InChI=1S/C14H14N2O4S2/c1-2-9-15(11-12-6-5-10-21-12)22(19,20)14-8-4-3-7-13(14)16(17)18/h2-8,10H,1,9,11H2. The summed E-state index contributed by atoms with van der Waals surface area (Å²) in [5, 5.41) is 12.9. The number of nitro benzene ring substituents is 1. The molecular formula is C14H14N2O4S2. The van der Waals surface area contributed by atoms with Crippen molar-refractivity contribution < 1.29 is 13.3 Å². The molecule has 0 aliphatic rings. The highest BCUT2D eigenvalue weighted by Crippen LogP contribution is 2.27. The van der Waals surface area contributed by atoms with Crippen LogP contribution in [0.4, 0.5) is 5.69 Å². The molecule has 1 heterocycles. The molecule has 0 atom stereocenters. The lowest BCUT2D eigenvalue weighted by molar-refractivity contribution is -0.387. The van der Waals surface area contributed by atoms with Crippen molar-refractivity contribution in [1.82, 2.24) is 4.31 Å². The third-order valence-electron chi connectivity index (χ3n) is 2.92. The number of nitrogens with zero attached hydrogens (tertiary/aromatic N) is 2. The lowest BCUT2D eigenvalue weighted by atomic mass is 10.3. The lowest BCUT2D eigenvalue weighted by Crippen LogP contribution is -2.31. The van der Waals surface area contributed by atoms with Crippen LogP contribution in [0.3, 0.4) is 0 Å². The normalized spacial score (nSPS) is 11.5. The first-order valence-electron chi connectivity index (χ1n) is 6.33. The molecule has 8 heteroatoms. The van der Waals surface area contributed by atoms with Gasteiger partial charge in [-0.3, -0.25) is 10.1 Å². The summed E-state index contributed by atoms with van der Waals surface area (Å²) in [4.78, 5) is 10.9. The summed E-state index contributed by atoms with van der Waals surface area (Å²) in [6, 6.07) is 8.98. The van der Waals surface area contributed by atoms with Gasteiger partial charge in [0.25, 0.3) is 15.7 Å².